The van der Waals surface area contributed by atoms with Crippen LogP contribution in [0.2, 0.25) is 0 Å². The Kier molecular flexibility index (Phi) is 2.11. The van der Waals surface area contributed by atoms with Crippen molar-refractivity contribution in [3.8, 4) is 5.69 Å². The molecule has 0 aliphatic rings. The number of fused-ring (bicyclic) bond motifs is 1. The highest BCUT2D eigenvalue weighted by Gasteiger charge is 2.03. The number of nitrogens with zero attached hydrogens (tertiary/aromatic N) is 1. The first-order chi connectivity index (χ1) is 7.84. The summed E-state index contributed by atoms with van der Waals surface area (Å²) in [5.74, 6) is 0. The molecule has 0 radical (unpaired) electrons. The molecule has 78 valence electrons. The molecule has 3 heteroatoms. The summed E-state index contributed by atoms with van der Waals surface area (Å²) in [6, 6.07) is 11.4. The molecule has 0 aliphatic heterocycles. The molecule has 1 aromatic carbocycles. The molecule has 0 amide bonds. The van der Waals surface area contributed by atoms with Crippen LogP contribution in [0.1, 0.15) is 0 Å². The molecule has 3 aromatic rings. The van der Waals surface area contributed by atoms with Gasteiger partial charge in [0, 0.05) is 40.0 Å². The van der Waals surface area contributed by atoms with Gasteiger partial charge in [0.25, 0.3) is 0 Å². The Morgan fingerprint density at radius 2 is 1.75 bits per heavy atom. The van der Waals surface area contributed by atoms with Gasteiger partial charge in [0.2, 0.25) is 0 Å². The summed E-state index contributed by atoms with van der Waals surface area (Å²) in [5, 5.41) is 3.32. The number of hydrogen-bond donors (Lipinski definition) is 0. The van der Waals surface area contributed by atoms with Crippen molar-refractivity contribution in [3.05, 3.63) is 64.4 Å². The van der Waals surface area contributed by atoms with Crippen LogP contribution >= 0.6 is 11.3 Å². The van der Waals surface area contributed by atoms with Crippen molar-refractivity contribution in [1.82, 2.24) is 4.57 Å². The van der Waals surface area contributed by atoms with Gasteiger partial charge in [-0.05, 0) is 6.07 Å². The van der Waals surface area contributed by atoms with E-state index in [9.17, 15) is 4.79 Å². The summed E-state index contributed by atoms with van der Waals surface area (Å²) < 4.78 is 3.23. The zero-order chi connectivity index (χ0) is 11.0. The van der Waals surface area contributed by atoms with E-state index in [4.69, 9.17) is 0 Å². The minimum absolute atomic E-state index is 0.0378. The second-order valence-corrected chi connectivity index (χ2v) is 4.47. The third kappa shape index (κ3) is 1.46. The molecule has 0 saturated heterocycles. The maximum Gasteiger partial charge on any atom is 0.181 e. The van der Waals surface area contributed by atoms with Crippen LogP contribution in [0.3, 0.4) is 0 Å². The second kappa shape index (κ2) is 3.61. The molecule has 2 nitrogen and oxygen atoms in total. The summed E-state index contributed by atoms with van der Waals surface area (Å²) in [7, 11) is 0. The smallest absolute Gasteiger partial charge is 0.181 e. The Hall–Kier alpha value is -1.87. The first kappa shape index (κ1) is 9.36. The van der Waals surface area contributed by atoms with Crippen LogP contribution in [-0.4, -0.2) is 4.57 Å². The Balaban J connectivity index is 2.26. The van der Waals surface area contributed by atoms with Gasteiger partial charge in [-0.3, -0.25) is 4.79 Å². The van der Waals surface area contributed by atoms with E-state index >= 15 is 0 Å². The third-order valence-electron chi connectivity index (χ3n) is 2.54. The van der Waals surface area contributed by atoms with Crippen molar-refractivity contribution in [2.45, 2.75) is 0 Å². The Labute approximate surface area is 96.4 Å². The molecule has 0 fully saturated rings. The van der Waals surface area contributed by atoms with Crippen LogP contribution in [0.4, 0.5) is 0 Å². The lowest BCUT2D eigenvalue weighted by Gasteiger charge is -2.03. The Bertz CT molecular complexity index is 676. The zero-order valence-electron chi connectivity index (χ0n) is 8.46. The van der Waals surface area contributed by atoms with E-state index in [0.29, 0.717) is 0 Å². The van der Waals surface area contributed by atoms with Crippen molar-refractivity contribution in [3.63, 3.8) is 0 Å². The fraction of sp³-hybridized carbons (Fsp3) is 0. The average Bonchev–Trinajstić information content (AvgIpc) is 2.74. The maximum atomic E-state index is 11.0. The predicted molar refractivity (Wildman–Crippen MR) is 67.4 cm³/mol. The molecule has 0 N–H and O–H groups in total. The molecule has 0 unspecified atom stereocenters. The van der Waals surface area contributed by atoms with Crippen LogP contribution in [-0.2, 0) is 0 Å². The lowest BCUT2D eigenvalue weighted by atomic mass is 10.2. The third-order valence-corrected chi connectivity index (χ3v) is 3.49. The molecule has 0 bridgehead atoms. The van der Waals surface area contributed by atoms with Gasteiger partial charge in [-0.1, -0.05) is 18.2 Å². The summed E-state index contributed by atoms with van der Waals surface area (Å²) in [6.07, 6.45) is 3.60. The minimum atomic E-state index is 0.0378. The van der Waals surface area contributed by atoms with Crippen molar-refractivity contribution in [2.75, 3.05) is 0 Å². The van der Waals surface area contributed by atoms with Gasteiger partial charge < -0.3 is 4.57 Å². The molecule has 0 aliphatic carbocycles. The van der Waals surface area contributed by atoms with Crippen molar-refractivity contribution < 1.29 is 0 Å². The van der Waals surface area contributed by atoms with Gasteiger partial charge in [0.05, 0.1) is 5.69 Å². The summed E-state index contributed by atoms with van der Waals surface area (Å²) in [4.78, 5) is 11.0. The fourth-order valence-corrected chi connectivity index (χ4v) is 2.68. The first-order valence-corrected chi connectivity index (χ1v) is 5.87. The predicted octanol–water partition coefficient (Wildman–Crippen LogP) is 3.05. The number of benzene rings is 1. The van der Waals surface area contributed by atoms with Gasteiger partial charge in [0.1, 0.15) is 0 Å². The number of hydrogen-bond acceptors (Lipinski definition) is 2. The number of pyridine rings is 1. The van der Waals surface area contributed by atoms with Crippen molar-refractivity contribution in [1.29, 1.82) is 0 Å². The molecule has 2 heterocycles. The van der Waals surface area contributed by atoms with Crippen molar-refractivity contribution in [2.24, 2.45) is 0 Å². The minimum Gasteiger partial charge on any atom is -0.322 e. The van der Waals surface area contributed by atoms with E-state index in [1.54, 1.807) is 35.9 Å². The topological polar surface area (TPSA) is 22.0 Å². The number of thiophene rings is 1. The lowest BCUT2D eigenvalue weighted by molar-refractivity contribution is 1.06. The van der Waals surface area contributed by atoms with E-state index in [2.05, 4.69) is 17.5 Å². The lowest BCUT2D eigenvalue weighted by Crippen LogP contribution is -2.00. The molecular formula is C13H9NOS. The van der Waals surface area contributed by atoms with Crippen molar-refractivity contribution >= 4 is 21.4 Å². The second-order valence-electron chi connectivity index (χ2n) is 3.56. The van der Waals surface area contributed by atoms with Gasteiger partial charge in [-0.15, -0.1) is 11.3 Å². The van der Waals surface area contributed by atoms with Gasteiger partial charge in [-0.25, -0.2) is 0 Å². The molecule has 0 atom stereocenters. The summed E-state index contributed by atoms with van der Waals surface area (Å²) >= 11 is 1.71. The van der Waals surface area contributed by atoms with E-state index in [-0.39, 0.29) is 5.43 Å². The highest BCUT2D eigenvalue weighted by molar-refractivity contribution is 7.17. The summed E-state index contributed by atoms with van der Waals surface area (Å²) in [5.41, 5.74) is 1.16. The van der Waals surface area contributed by atoms with Gasteiger partial charge >= 0.3 is 0 Å². The van der Waals surface area contributed by atoms with Crippen LogP contribution in [0.5, 0.6) is 0 Å². The Morgan fingerprint density at radius 1 is 1.00 bits per heavy atom. The SMILES string of the molecule is O=c1ccn(-c2csc3ccccc23)cc1. The van der Waals surface area contributed by atoms with Crippen LogP contribution in [0, 0.1) is 0 Å². The molecule has 0 spiro atoms. The molecular weight excluding hydrogens is 218 g/mol. The van der Waals surface area contributed by atoms with Crippen LogP contribution in [0.25, 0.3) is 15.8 Å². The normalized spacial score (nSPS) is 10.8. The maximum absolute atomic E-state index is 11.0. The number of rotatable bonds is 1. The fourth-order valence-electron chi connectivity index (χ4n) is 1.74. The highest BCUT2D eigenvalue weighted by Crippen LogP contribution is 2.28. The monoisotopic (exact) mass is 227 g/mol. The molecule has 16 heavy (non-hydrogen) atoms. The van der Waals surface area contributed by atoms with E-state index in [1.807, 2.05) is 16.7 Å². The zero-order valence-corrected chi connectivity index (χ0v) is 9.28. The highest BCUT2D eigenvalue weighted by atomic mass is 32.1. The average molecular weight is 227 g/mol. The molecule has 0 saturated carbocycles. The van der Waals surface area contributed by atoms with E-state index < -0.39 is 0 Å². The van der Waals surface area contributed by atoms with Gasteiger partial charge in [-0.2, -0.15) is 0 Å². The molecule has 3 rings (SSSR count). The Morgan fingerprint density at radius 3 is 2.56 bits per heavy atom. The van der Waals surface area contributed by atoms with Crippen LogP contribution in [0.15, 0.2) is 59.0 Å². The standard InChI is InChI=1S/C13H9NOS/c15-10-5-7-14(8-6-10)12-9-16-13-4-2-1-3-11(12)13/h1-9H. The number of aromatic nitrogens is 1. The van der Waals surface area contributed by atoms with E-state index in [1.165, 1.54) is 10.1 Å². The van der Waals surface area contributed by atoms with Gasteiger partial charge in [0.15, 0.2) is 5.43 Å². The van der Waals surface area contributed by atoms with Crippen LogP contribution < -0.4 is 5.43 Å². The summed E-state index contributed by atoms with van der Waals surface area (Å²) in [6.45, 7) is 0. The molecule has 2 aromatic heterocycles. The quantitative estimate of drug-likeness (QED) is 0.626. The largest absolute Gasteiger partial charge is 0.322 e. The van der Waals surface area contributed by atoms with E-state index in [0.717, 1.165) is 5.69 Å². The first-order valence-electron chi connectivity index (χ1n) is 4.99.